The van der Waals surface area contributed by atoms with E-state index in [1.165, 1.54) is 6.20 Å². The number of alkyl halides is 5. The highest BCUT2D eigenvalue weighted by molar-refractivity contribution is 5.84. The van der Waals surface area contributed by atoms with Crippen molar-refractivity contribution in [3.63, 3.8) is 0 Å². The van der Waals surface area contributed by atoms with Gasteiger partial charge in [0.2, 0.25) is 0 Å². The lowest BCUT2D eigenvalue weighted by atomic mass is 10.2. The molecule has 0 atom stereocenters. The van der Waals surface area contributed by atoms with Crippen LogP contribution in [0.4, 0.5) is 22.0 Å². The molecule has 0 aromatic heterocycles. The number of rotatable bonds is 4. The van der Waals surface area contributed by atoms with Gasteiger partial charge in [-0.25, -0.2) is 0 Å². The van der Waals surface area contributed by atoms with E-state index >= 15 is 0 Å². The number of hydrogen-bond donors (Lipinski definition) is 1. The highest BCUT2D eigenvalue weighted by Gasteiger charge is 2.58. The molecule has 1 heterocycles. The molecule has 0 aromatic rings. The van der Waals surface area contributed by atoms with Gasteiger partial charge in [0.15, 0.2) is 0 Å². The Labute approximate surface area is 76.5 Å². The van der Waals surface area contributed by atoms with Crippen molar-refractivity contribution in [1.29, 1.82) is 0 Å². The lowest BCUT2D eigenvalue weighted by Crippen LogP contribution is -2.89. The summed E-state index contributed by atoms with van der Waals surface area (Å²) in [6.45, 7) is -1.27. The van der Waals surface area contributed by atoms with Gasteiger partial charge in [0.1, 0.15) is 6.54 Å². The first-order valence-corrected chi connectivity index (χ1v) is 3.74. The van der Waals surface area contributed by atoms with Crippen LogP contribution in [0.1, 0.15) is 0 Å². The molecule has 1 aliphatic rings. The Bertz CT molecular complexity index is 266. The van der Waals surface area contributed by atoms with E-state index in [1.807, 2.05) is 0 Å². The summed E-state index contributed by atoms with van der Waals surface area (Å²) in [6.07, 6.45) is -1.71. The molecule has 2 nitrogen and oxygen atoms in total. The van der Waals surface area contributed by atoms with E-state index in [0.29, 0.717) is 5.57 Å². The van der Waals surface area contributed by atoms with Crippen molar-refractivity contribution in [2.45, 2.75) is 12.1 Å². The smallest absolute Gasteiger partial charge is 0.393 e. The number of hydrogen-bond acceptors (Lipinski definition) is 1. The maximum Gasteiger partial charge on any atom is 0.459 e. The molecule has 14 heavy (non-hydrogen) atoms. The van der Waals surface area contributed by atoms with Crippen LogP contribution in [0.2, 0.25) is 0 Å². The van der Waals surface area contributed by atoms with Crippen LogP contribution in [-0.4, -0.2) is 31.4 Å². The van der Waals surface area contributed by atoms with Gasteiger partial charge in [-0.3, -0.25) is 0 Å². The van der Waals surface area contributed by atoms with Gasteiger partial charge >= 0.3 is 12.1 Å². The molecule has 0 bridgehead atoms. The average molecular weight is 214 g/mol. The molecular weight excluding hydrogens is 207 g/mol. The summed E-state index contributed by atoms with van der Waals surface area (Å²) in [5.74, 6) is -4.64. The predicted octanol–water partition coefficient (Wildman–Crippen LogP) is 0.593. The zero-order valence-electron chi connectivity index (χ0n) is 6.91. The number of aliphatic imine (C=N–C) groups is 1. The van der Waals surface area contributed by atoms with Crippen LogP contribution in [0.3, 0.4) is 0 Å². The lowest BCUT2D eigenvalue weighted by Gasteiger charge is -2.19. The lowest BCUT2D eigenvalue weighted by molar-refractivity contribution is -0.669. The first kappa shape index (κ1) is 11.1. The van der Waals surface area contributed by atoms with Crippen molar-refractivity contribution in [3.8, 4) is 0 Å². The highest BCUT2D eigenvalue weighted by Crippen LogP contribution is 2.33. The van der Waals surface area contributed by atoms with Crippen molar-refractivity contribution in [1.82, 2.24) is 0 Å². The third kappa shape index (κ3) is 2.50. The van der Waals surface area contributed by atoms with Gasteiger partial charge in [0.05, 0.1) is 6.54 Å². The van der Waals surface area contributed by atoms with Crippen LogP contribution in [-0.2, 0) is 0 Å². The number of quaternary nitrogens is 1. The zero-order chi connectivity index (χ0) is 10.8. The maximum atomic E-state index is 12.3. The zero-order valence-corrected chi connectivity index (χ0v) is 6.91. The van der Waals surface area contributed by atoms with E-state index in [9.17, 15) is 22.0 Å². The van der Waals surface area contributed by atoms with Crippen molar-refractivity contribution in [2.75, 3.05) is 13.1 Å². The first-order valence-electron chi connectivity index (χ1n) is 3.74. The Morgan fingerprint density at radius 2 is 1.86 bits per heavy atom. The Morgan fingerprint density at radius 3 is 2.21 bits per heavy atom. The Kier molecular flexibility index (Phi) is 2.89. The summed E-state index contributed by atoms with van der Waals surface area (Å²) >= 11 is 0. The van der Waals surface area contributed by atoms with Gasteiger partial charge in [0, 0.05) is 0 Å². The second kappa shape index (κ2) is 3.64. The minimum atomic E-state index is -5.48. The molecule has 7 heteroatoms. The summed E-state index contributed by atoms with van der Waals surface area (Å²) in [4.78, 5) is 3.42. The third-order valence-electron chi connectivity index (χ3n) is 1.61. The molecule has 0 radical (unpaired) electrons. The Morgan fingerprint density at radius 1 is 1.29 bits per heavy atom. The third-order valence-corrected chi connectivity index (χ3v) is 1.61. The van der Waals surface area contributed by atoms with Gasteiger partial charge in [-0.2, -0.15) is 22.0 Å². The minimum absolute atomic E-state index is 0.0369. The van der Waals surface area contributed by atoms with Crippen molar-refractivity contribution < 1.29 is 27.3 Å². The van der Waals surface area contributed by atoms with Crippen LogP contribution in [0, 0.1) is 0 Å². The number of nitrogens with zero attached hydrogens (tertiary/aromatic N) is 1. The Balaban J connectivity index is 2.29. The molecule has 0 saturated heterocycles. The SMILES string of the molecule is FC(F)(F)C(F)(F)C[NH2+]CC1=CN=[C-]1. The van der Waals surface area contributed by atoms with Gasteiger partial charge < -0.3 is 10.3 Å². The van der Waals surface area contributed by atoms with E-state index in [4.69, 9.17) is 0 Å². The van der Waals surface area contributed by atoms with Crippen molar-refractivity contribution >= 4 is 6.21 Å². The topological polar surface area (TPSA) is 29.0 Å². The standard InChI is InChI=1S/C7H6F5N2/c8-6(9,7(10,11)12)4-14-3-5-1-13-2-5/h1,14H,3-4H2/q-1/p+1. The van der Waals surface area contributed by atoms with Gasteiger partial charge in [0.25, 0.3) is 0 Å². The Hall–Kier alpha value is -0.980. The average Bonchev–Trinajstić information content (AvgIpc) is 1.92. The van der Waals surface area contributed by atoms with E-state index in [1.54, 1.807) is 0 Å². The number of nitrogens with two attached hydrogens (primary N) is 1. The quantitative estimate of drug-likeness (QED) is 0.524. The molecule has 1 aliphatic heterocycles. The maximum absolute atomic E-state index is 12.3. The summed E-state index contributed by atoms with van der Waals surface area (Å²) in [7, 11) is 0. The summed E-state index contributed by atoms with van der Waals surface area (Å²) in [5, 5.41) is 0.876. The highest BCUT2D eigenvalue weighted by atomic mass is 19.4. The predicted molar refractivity (Wildman–Crippen MR) is 38.2 cm³/mol. The second-order valence-electron chi connectivity index (χ2n) is 2.79. The van der Waals surface area contributed by atoms with E-state index in [0.717, 1.165) is 5.32 Å². The van der Waals surface area contributed by atoms with Crippen LogP contribution in [0.15, 0.2) is 16.8 Å². The fraction of sp³-hybridized carbons (Fsp3) is 0.571. The molecule has 0 aromatic carbocycles. The molecule has 2 N–H and O–H groups in total. The van der Waals surface area contributed by atoms with Crippen LogP contribution < -0.4 is 5.32 Å². The summed E-state index contributed by atoms with van der Waals surface area (Å²) in [6, 6.07) is 0. The minimum Gasteiger partial charge on any atom is -0.393 e. The molecule has 0 spiro atoms. The fourth-order valence-electron chi connectivity index (χ4n) is 0.779. The van der Waals surface area contributed by atoms with Crippen molar-refractivity contribution in [2.24, 2.45) is 4.99 Å². The largest absolute Gasteiger partial charge is 0.459 e. The molecule has 0 saturated carbocycles. The summed E-state index contributed by atoms with van der Waals surface area (Å²) in [5.41, 5.74) is 0.531. The fourth-order valence-corrected chi connectivity index (χ4v) is 0.779. The molecule has 0 aliphatic carbocycles. The van der Waals surface area contributed by atoms with Gasteiger partial charge in [-0.05, 0) is 0 Å². The van der Waals surface area contributed by atoms with Crippen molar-refractivity contribution in [3.05, 3.63) is 11.8 Å². The van der Waals surface area contributed by atoms with E-state index in [-0.39, 0.29) is 6.54 Å². The normalized spacial score (nSPS) is 16.5. The van der Waals surface area contributed by atoms with Crippen LogP contribution in [0.5, 0.6) is 0 Å². The summed E-state index contributed by atoms with van der Waals surface area (Å²) < 4.78 is 59.5. The second-order valence-corrected chi connectivity index (χ2v) is 2.79. The molecule has 0 fully saturated rings. The van der Waals surface area contributed by atoms with Gasteiger partial charge in [-0.15, -0.1) is 0 Å². The van der Waals surface area contributed by atoms with E-state index in [2.05, 4.69) is 11.2 Å². The molecule has 0 amide bonds. The monoisotopic (exact) mass is 214 g/mol. The molecular formula is C7H7F5N2. The molecule has 0 unspecified atom stereocenters. The molecule has 80 valence electrons. The first-order chi connectivity index (χ1) is 6.33. The van der Waals surface area contributed by atoms with Crippen LogP contribution in [0.25, 0.3) is 0 Å². The van der Waals surface area contributed by atoms with E-state index < -0.39 is 18.6 Å². The van der Waals surface area contributed by atoms with Crippen LogP contribution >= 0.6 is 0 Å². The number of halogens is 5. The molecule has 1 rings (SSSR count). The van der Waals surface area contributed by atoms with Gasteiger partial charge in [-0.1, -0.05) is 18.0 Å².